The number of anilines is 2. The first-order chi connectivity index (χ1) is 19.5. The second kappa shape index (κ2) is 13.2. The summed E-state index contributed by atoms with van der Waals surface area (Å²) in [7, 11) is -2.60. The van der Waals surface area contributed by atoms with Crippen molar-refractivity contribution in [1.29, 1.82) is 0 Å². The number of aliphatic hydroxyl groups is 1. The monoisotopic (exact) mass is 606 g/mol. The van der Waals surface area contributed by atoms with Gasteiger partial charge in [-0.1, -0.05) is 44.5 Å². The number of aromatic nitrogens is 2. The van der Waals surface area contributed by atoms with Crippen molar-refractivity contribution in [1.82, 2.24) is 9.97 Å². The third-order valence-electron chi connectivity index (χ3n) is 6.30. The van der Waals surface area contributed by atoms with Crippen LogP contribution in [-0.4, -0.2) is 70.1 Å². The number of hydrogen-bond donors (Lipinski definition) is 2. The Bertz CT molecular complexity index is 1440. The van der Waals surface area contributed by atoms with Crippen LogP contribution in [0.2, 0.25) is 5.02 Å². The third-order valence-corrected chi connectivity index (χ3v) is 7.97. The number of hydrogen-bond acceptors (Lipinski definition) is 10. The molecule has 1 aliphatic heterocycles. The minimum atomic E-state index is -4.10. The van der Waals surface area contributed by atoms with E-state index in [0.29, 0.717) is 32.1 Å². The van der Waals surface area contributed by atoms with Gasteiger partial charge in [-0.05, 0) is 35.2 Å². The highest BCUT2D eigenvalue weighted by Gasteiger charge is 2.26. The Morgan fingerprint density at radius 3 is 2.44 bits per heavy atom. The highest BCUT2D eigenvalue weighted by molar-refractivity contribution is 7.92. The van der Waals surface area contributed by atoms with Crippen LogP contribution in [0.5, 0.6) is 17.2 Å². The number of aliphatic hydroxyl groups excluding tert-OH is 1. The number of benzene rings is 2. The second-order valence-electron chi connectivity index (χ2n) is 10.3. The van der Waals surface area contributed by atoms with Gasteiger partial charge in [-0.3, -0.25) is 4.72 Å². The van der Waals surface area contributed by atoms with Crippen molar-refractivity contribution < 1.29 is 32.5 Å². The van der Waals surface area contributed by atoms with E-state index in [9.17, 15) is 13.5 Å². The van der Waals surface area contributed by atoms with Crippen LogP contribution in [0.1, 0.15) is 32.0 Å². The van der Waals surface area contributed by atoms with Gasteiger partial charge in [0.05, 0.1) is 50.1 Å². The molecule has 2 N–H and O–H groups in total. The quantitative estimate of drug-likeness (QED) is 0.303. The van der Waals surface area contributed by atoms with E-state index in [1.807, 2.05) is 4.90 Å². The van der Waals surface area contributed by atoms with Crippen molar-refractivity contribution >= 4 is 33.4 Å². The number of nitrogens with one attached hydrogen (secondary N) is 1. The van der Waals surface area contributed by atoms with E-state index in [4.69, 9.17) is 30.5 Å². The smallest absolute Gasteiger partial charge is 0.263 e. The van der Waals surface area contributed by atoms with Gasteiger partial charge >= 0.3 is 0 Å². The van der Waals surface area contributed by atoms with Gasteiger partial charge in [0.15, 0.2) is 11.6 Å². The van der Waals surface area contributed by atoms with Crippen molar-refractivity contribution in [2.24, 2.45) is 0 Å². The molecule has 222 valence electrons. The summed E-state index contributed by atoms with van der Waals surface area (Å²) >= 11 is 6.42. The molecule has 0 radical (unpaired) electrons. The molecule has 0 bridgehead atoms. The average Bonchev–Trinajstić information content (AvgIpc) is 2.95. The molecule has 2 aromatic carbocycles. The molecule has 0 spiro atoms. The summed E-state index contributed by atoms with van der Waals surface area (Å²) < 4.78 is 52.4. The van der Waals surface area contributed by atoms with Crippen LogP contribution in [0.25, 0.3) is 0 Å². The van der Waals surface area contributed by atoms with Gasteiger partial charge in [0.1, 0.15) is 17.2 Å². The van der Waals surface area contributed by atoms with Crippen LogP contribution in [0, 0.1) is 0 Å². The van der Waals surface area contributed by atoms with Crippen LogP contribution in [0.4, 0.5) is 11.8 Å². The molecule has 41 heavy (non-hydrogen) atoms. The number of ether oxygens (including phenoxy) is 4. The fourth-order valence-corrected chi connectivity index (χ4v) is 5.18. The van der Waals surface area contributed by atoms with Gasteiger partial charge in [-0.25, -0.2) is 13.4 Å². The van der Waals surface area contributed by atoms with E-state index in [1.165, 1.54) is 7.11 Å². The predicted molar refractivity (Wildman–Crippen MR) is 156 cm³/mol. The van der Waals surface area contributed by atoms with Crippen LogP contribution in [-0.2, 0) is 31.5 Å². The van der Waals surface area contributed by atoms with E-state index in [2.05, 4.69) is 35.5 Å². The lowest BCUT2D eigenvalue weighted by Gasteiger charge is -2.28. The molecule has 0 unspecified atom stereocenters. The van der Waals surface area contributed by atoms with Gasteiger partial charge < -0.3 is 29.0 Å². The van der Waals surface area contributed by atoms with Gasteiger partial charge in [0.25, 0.3) is 10.0 Å². The van der Waals surface area contributed by atoms with Crippen LogP contribution < -0.4 is 19.1 Å². The standard InChI is InChI=1S/C28H35ClN4O7S/c1-28(2,3)19-5-8-21(9-6-19)41(35,36)32-26-25(40-24-17-20(37-4)7-10-22(24)29)23(18-39-16-13-34)30-27(31-26)33-11-14-38-15-12-33/h5-10,17,34H,11-16,18H2,1-4H3,(H,30,31,32). The summed E-state index contributed by atoms with van der Waals surface area (Å²) in [5, 5.41) is 9.53. The first-order valence-corrected chi connectivity index (χ1v) is 14.9. The topological polar surface area (TPSA) is 132 Å². The van der Waals surface area contributed by atoms with Crippen molar-refractivity contribution in [3.63, 3.8) is 0 Å². The Balaban J connectivity index is 1.82. The summed E-state index contributed by atoms with van der Waals surface area (Å²) in [6, 6.07) is 11.5. The van der Waals surface area contributed by atoms with Gasteiger partial charge in [-0.15, -0.1) is 0 Å². The summed E-state index contributed by atoms with van der Waals surface area (Å²) in [6.07, 6.45) is 0. The molecule has 11 nitrogen and oxygen atoms in total. The predicted octanol–water partition coefficient (Wildman–Crippen LogP) is 4.37. The highest BCUT2D eigenvalue weighted by atomic mass is 35.5. The van der Waals surface area contributed by atoms with E-state index >= 15 is 0 Å². The highest BCUT2D eigenvalue weighted by Crippen LogP contribution is 2.39. The number of morpholine rings is 1. The normalized spacial score (nSPS) is 14.1. The molecule has 4 rings (SSSR count). The minimum absolute atomic E-state index is 0.00462. The molecule has 0 atom stereocenters. The maximum Gasteiger partial charge on any atom is 0.263 e. The zero-order valence-electron chi connectivity index (χ0n) is 23.5. The maximum absolute atomic E-state index is 13.6. The molecule has 13 heteroatoms. The Labute approximate surface area is 245 Å². The third kappa shape index (κ3) is 7.77. The Morgan fingerprint density at radius 1 is 1.10 bits per heavy atom. The van der Waals surface area contributed by atoms with E-state index in [-0.39, 0.29) is 64.1 Å². The van der Waals surface area contributed by atoms with Crippen molar-refractivity contribution in [3.8, 4) is 17.2 Å². The number of methoxy groups -OCH3 is 1. The van der Waals surface area contributed by atoms with Crippen molar-refractivity contribution in [2.75, 3.05) is 56.2 Å². The molecule has 3 aromatic rings. The average molecular weight is 607 g/mol. The molecule has 1 aromatic heterocycles. The summed E-state index contributed by atoms with van der Waals surface area (Å²) in [5.41, 5.74) is 1.11. The summed E-state index contributed by atoms with van der Waals surface area (Å²) in [4.78, 5) is 11.2. The Kier molecular flexibility index (Phi) is 9.92. The largest absolute Gasteiger partial charge is 0.497 e. The lowest BCUT2D eigenvalue weighted by molar-refractivity contribution is 0.0785. The Morgan fingerprint density at radius 2 is 1.80 bits per heavy atom. The first-order valence-electron chi connectivity index (χ1n) is 13.1. The fourth-order valence-electron chi connectivity index (χ4n) is 4.02. The van der Waals surface area contributed by atoms with Crippen molar-refractivity contribution in [2.45, 2.75) is 37.7 Å². The Hall–Kier alpha value is -3.16. The molecule has 2 heterocycles. The zero-order chi connectivity index (χ0) is 29.6. The molecule has 1 fully saturated rings. The van der Waals surface area contributed by atoms with E-state index < -0.39 is 10.0 Å². The number of rotatable bonds is 11. The van der Waals surface area contributed by atoms with Crippen LogP contribution >= 0.6 is 11.6 Å². The van der Waals surface area contributed by atoms with E-state index in [1.54, 1.807) is 42.5 Å². The van der Waals surface area contributed by atoms with Gasteiger partial charge in [-0.2, -0.15) is 4.98 Å². The molecule has 1 saturated heterocycles. The molecular weight excluding hydrogens is 572 g/mol. The number of nitrogens with zero attached hydrogens (tertiary/aromatic N) is 3. The SMILES string of the molecule is COc1ccc(Cl)c(Oc2c(COCCO)nc(N3CCOCC3)nc2NS(=O)(=O)c2ccc(C(C)(C)C)cc2)c1. The lowest BCUT2D eigenvalue weighted by atomic mass is 9.87. The zero-order valence-corrected chi connectivity index (χ0v) is 25.1. The molecule has 0 saturated carbocycles. The van der Waals surface area contributed by atoms with Gasteiger partial charge in [0, 0.05) is 19.2 Å². The van der Waals surface area contributed by atoms with E-state index in [0.717, 1.165) is 5.56 Å². The van der Waals surface area contributed by atoms with Crippen LogP contribution in [0.15, 0.2) is 47.4 Å². The van der Waals surface area contributed by atoms with Crippen LogP contribution in [0.3, 0.4) is 0 Å². The summed E-state index contributed by atoms with van der Waals surface area (Å²) in [6.45, 7) is 7.87. The second-order valence-corrected chi connectivity index (χ2v) is 12.4. The fraction of sp³-hybridized carbons (Fsp3) is 0.429. The molecular formula is C28H35ClN4O7S. The minimum Gasteiger partial charge on any atom is -0.497 e. The van der Waals surface area contributed by atoms with Gasteiger partial charge in [0.2, 0.25) is 5.95 Å². The summed E-state index contributed by atoms with van der Waals surface area (Å²) in [5.74, 6) is 0.871. The first kappa shape index (κ1) is 30.8. The number of sulfonamides is 1. The number of halogens is 1. The molecule has 1 aliphatic rings. The lowest BCUT2D eigenvalue weighted by Crippen LogP contribution is -2.37. The maximum atomic E-state index is 13.6. The molecule has 0 aliphatic carbocycles. The molecule has 0 amide bonds. The van der Waals surface area contributed by atoms with Crippen molar-refractivity contribution in [3.05, 3.63) is 58.7 Å².